The molecule has 0 bridgehead atoms. The molecular formula is C25H17Cl3INO4. The van der Waals surface area contributed by atoms with Crippen molar-refractivity contribution in [3.63, 3.8) is 0 Å². The second-order valence-electron chi connectivity index (χ2n) is 7.14. The molecule has 0 aliphatic carbocycles. The van der Waals surface area contributed by atoms with Gasteiger partial charge in [0.15, 0.2) is 17.2 Å². The predicted octanol–water partition coefficient (Wildman–Crippen LogP) is 7.57. The number of halogens is 4. The van der Waals surface area contributed by atoms with Crippen molar-refractivity contribution in [2.24, 2.45) is 4.99 Å². The lowest BCUT2D eigenvalue weighted by molar-refractivity contribution is -0.129. The van der Waals surface area contributed by atoms with Crippen molar-refractivity contribution in [3.8, 4) is 11.5 Å². The molecule has 1 heterocycles. The van der Waals surface area contributed by atoms with Gasteiger partial charge in [-0.25, -0.2) is 9.79 Å². The molecule has 4 rings (SSSR count). The van der Waals surface area contributed by atoms with Crippen molar-refractivity contribution in [1.29, 1.82) is 0 Å². The monoisotopic (exact) mass is 627 g/mol. The Morgan fingerprint density at radius 1 is 0.971 bits per heavy atom. The molecule has 5 nitrogen and oxygen atoms in total. The molecule has 0 saturated carbocycles. The second kappa shape index (κ2) is 11.0. The van der Waals surface area contributed by atoms with Gasteiger partial charge in [-0.2, -0.15) is 0 Å². The van der Waals surface area contributed by atoms with Crippen molar-refractivity contribution in [1.82, 2.24) is 0 Å². The summed E-state index contributed by atoms with van der Waals surface area (Å²) in [4.78, 5) is 16.7. The van der Waals surface area contributed by atoms with E-state index >= 15 is 0 Å². The Balaban J connectivity index is 1.61. The van der Waals surface area contributed by atoms with Gasteiger partial charge in [-0.1, -0.05) is 46.9 Å². The highest BCUT2D eigenvalue weighted by atomic mass is 127. The third-order valence-electron chi connectivity index (χ3n) is 4.72. The Kier molecular flexibility index (Phi) is 8.03. The lowest BCUT2D eigenvalue weighted by Gasteiger charge is -2.14. The summed E-state index contributed by atoms with van der Waals surface area (Å²) >= 11 is 20.8. The fourth-order valence-electron chi connectivity index (χ4n) is 3.13. The van der Waals surface area contributed by atoms with Crippen molar-refractivity contribution < 1.29 is 19.0 Å². The molecule has 0 spiro atoms. The van der Waals surface area contributed by atoms with E-state index in [2.05, 4.69) is 27.6 Å². The van der Waals surface area contributed by atoms with E-state index in [0.29, 0.717) is 50.9 Å². The normalized spacial score (nSPS) is 14.2. The summed E-state index contributed by atoms with van der Waals surface area (Å²) in [6.45, 7) is 2.61. The highest BCUT2D eigenvalue weighted by Crippen LogP contribution is 2.38. The number of rotatable bonds is 7. The van der Waals surface area contributed by atoms with E-state index in [0.717, 1.165) is 9.13 Å². The number of hydrogen-bond acceptors (Lipinski definition) is 5. The molecule has 0 saturated heterocycles. The quantitative estimate of drug-likeness (QED) is 0.154. The van der Waals surface area contributed by atoms with Gasteiger partial charge in [-0.15, -0.1) is 0 Å². The number of nitrogens with zero attached hydrogens (tertiary/aromatic N) is 1. The van der Waals surface area contributed by atoms with Crippen LogP contribution in [0.5, 0.6) is 11.5 Å². The Hall–Kier alpha value is -2.26. The summed E-state index contributed by atoms with van der Waals surface area (Å²) in [6, 6.07) is 16.3. The number of benzene rings is 3. The van der Waals surface area contributed by atoms with Crippen LogP contribution in [0.15, 0.2) is 65.3 Å². The topological polar surface area (TPSA) is 57.1 Å². The summed E-state index contributed by atoms with van der Waals surface area (Å²) in [7, 11) is 0. The van der Waals surface area contributed by atoms with Crippen LogP contribution in [0.4, 0.5) is 0 Å². The number of carbonyl (C=O) groups is 1. The van der Waals surface area contributed by atoms with E-state index in [4.69, 9.17) is 49.0 Å². The number of aliphatic imine (C=N–C) groups is 1. The van der Waals surface area contributed by atoms with Gasteiger partial charge in [-0.3, -0.25) is 0 Å². The molecule has 0 N–H and O–H groups in total. The van der Waals surface area contributed by atoms with E-state index < -0.39 is 5.97 Å². The maximum atomic E-state index is 12.4. The van der Waals surface area contributed by atoms with Gasteiger partial charge in [-0.05, 0) is 89.2 Å². The Morgan fingerprint density at radius 2 is 1.74 bits per heavy atom. The molecule has 1 aliphatic rings. The smallest absolute Gasteiger partial charge is 0.363 e. The zero-order valence-electron chi connectivity index (χ0n) is 17.8. The van der Waals surface area contributed by atoms with Crippen molar-refractivity contribution >= 4 is 75.3 Å². The number of hydrogen-bond donors (Lipinski definition) is 0. The highest BCUT2D eigenvalue weighted by molar-refractivity contribution is 14.1. The lowest BCUT2D eigenvalue weighted by atomic mass is 10.1. The van der Waals surface area contributed by atoms with Crippen LogP contribution in [-0.2, 0) is 16.1 Å². The standard InChI is InChI=1S/C25H17Cl3INO4/c1-2-32-22-11-15(9-20(28)23(22)33-13-14-3-6-17(29)7-4-14)10-21-25(31)34-24(30-21)16-5-8-18(26)19(27)12-16/h3-12H,2,13H2,1H3/b21-10-. The van der Waals surface area contributed by atoms with Gasteiger partial charge in [0.05, 0.1) is 21.7 Å². The van der Waals surface area contributed by atoms with Gasteiger partial charge >= 0.3 is 5.97 Å². The summed E-state index contributed by atoms with van der Waals surface area (Å²) < 4.78 is 18.2. The Labute approximate surface area is 225 Å². The van der Waals surface area contributed by atoms with Crippen LogP contribution in [0, 0.1) is 3.57 Å². The first-order valence-electron chi connectivity index (χ1n) is 10.2. The van der Waals surface area contributed by atoms with Gasteiger partial charge in [0.2, 0.25) is 5.90 Å². The minimum Gasteiger partial charge on any atom is -0.490 e. The minimum atomic E-state index is -0.589. The second-order valence-corrected chi connectivity index (χ2v) is 9.61. The van der Waals surface area contributed by atoms with Crippen molar-refractivity contribution in [2.45, 2.75) is 13.5 Å². The Bertz CT molecular complexity index is 1310. The van der Waals surface area contributed by atoms with E-state index in [1.54, 1.807) is 36.4 Å². The average Bonchev–Trinajstić information content (AvgIpc) is 3.16. The van der Waals surface area contributed by atoms with Crippen LogP contribution in [0.2, 0.25) is 15.1 Å². The van der Waals surface area contributed by atoms with E-state index in [-0.39, 0.29) is 11.6 Å². The molecular weight excluding hydrogens is 612 g/mol. The maximum Gasteiger partial charge on any atom is 0.363 e. The average molecular weight is 629 g/mol. The molecule has 174 valence electrons. The van der Waals surface area contributed by atoms with Crippen molar-refractivity contribution in [2.75, 3.05) is 6.61 Å². The largest absolute Gasteiger partial charge is 0.490 e. The fourth-order valence-corrected chi connectivity index (χ4v) is 4.06. The maximum absolute atomic E-state index is 12.4. The molecule has 0 amide bonds. The summed E-state index contributed by atoms with van der Waals surface area (Å²) in [6.07, 6.45) is 1.57. The van der Waals surface area contributed by atoms with E-state index in [1.807, 2.05) is 31.2 Å². The number of esters is 1. The van der Waals surface area contributed by atoms with Crippen LogP contribution >= 0.6 is 57.4 Å². The van der Waals surface area contributed by atoms with Crippen LogP contribution in [0.1, 0.15) is 23.6 Å². The molecule has 0 atom stereocenters. The molecule has 34 heavy (non-hydrogen) atoms. The fraction of sp³-hybridized carbons (Fsp3) is 0.120. The van der Waals surface area contributed by atoms with Gasteiger partial charge in [0, 0.05) is 9.13 Å². The zero-order chi connectivity index (χ0) is 24.2. The number of ether oxygens (including phenoxy) is 3. The predicted molar refractivity (Wildman–Crippen MR) is 143 cm³/mol. The van der Waals surface area contributed by atoms with Gasteiger partial charge in [0.25, 0.3) is 0 Å². The number of carbonyl (C=O) groups excluding carboxylic acids is 1. The molecule has 1 aliphatic heterocycles. The summed E-state index contributed by atoms with van der Waals surface area (Å²) in [5.74, 6) is 0.447. The Morgan fingerprint density at radius 3 is 2.44 bits per heavy atom. The highest BCUT2D eigenvalue weighted by Gasteiger charge is 2.25. The van der Waals surface area contributed by atoms with E-state index in [1.165, 1.54) is 0 Å². The zero-order valence-corrected chi connectivity index (χ0v) is 22.2. The van der Waals surface area contributed by atoms with Crippen LogP contribution in [-0.4, -0.2) is 18.5 Å². The first-order valence-corrected chi connectivity index (χ1v) is 12.4. The molecule has 0 radical (unpaired) electrons. The minimum absolute atomic E-state index is 0.118. The molecule has 0 aromatic heterocycles. The molecule has 3 aromatic rings. The third kappa shape index (κ3) is 5.86. The van der Waals surface area contributed by atoms with Crippen LogP contribution in [0.3, 0.4) is 0 Å². The SMILES string of the molecule is CCOc1cc(/C=C2\N=C(c3ccc(Cl)c(Cl)c3)OC2=O)cc(Cl)c1OCc1ccc(I)cc1. The van der Waals surface area contributed by atoms with Gasteiger partial charge in [0.1, 0.15) is 6.61 Å². The molecule has 9 heteroatoms. The van der Waals surface area contributed by atoms with E-state index in [9.17, 15) is 4.79 Å². The third-order valence-corrected chi connectivity index (χ3v) is 6.46. The van der Waals surface area contributed by atoms with Gasteiger partial charge < -0.3 is 14.2 Å². The summed E-state index contributed by atoms with van der Waals surface area (Å²) in [5.41, 5.74) is 2.27. The molecule has 0 fully saturated rings. The first-order chi connectivity index (χ1) is 16.3. The van der Waals surface area contributed by atoms with Crippen LogP contribution in [0.25, 0.3) is 6.08 Å². The molecule has 0 unspecified atom stereocenters. The van der Waals surface area contributed by atoms with Crippen LogP contribution < -0.4 is 9.47 Å². The number of cyclic esters (lactones) is 1. The van der Waals surface area contributed by atoms with Crippen molar-refractivity contribution in [3.05, 3.63) is 95.6 Å². The lowest BCUT2D eigenvalue weighted by Crippen LogP contribution is -2.05. The first kappa shape index (κ1) is 24.9. The summed E-state index contributed by atoms with van der Waals surface area (Å²) in [5, 5.41) is 1.08. The molecule has 3 aromatic carbocycles.